The summed E-state index contributed by atoms with van der Waals surface area (Å²) in [6, 6.07) is 0. The van der Waals surface area contributed by atoms with Gasteiger partial charge in [-0.15, -0.1) is 0 Å². The molecule has 0 atom stereocenters. The first-order chi connectivity index (χ1) is 5.27. The van der Waals surface area contributed by atoms with Gasteiger partial charge < -0.3 is 10.5 Å². The van der Waals surface area contributed by atoms with Crippen LogP contribution in [0.2, 0.25) is 0 Å². The van der Waals surface area contributed by atoms with Gasteiger partial charge in [-0.2, -0.15) is 0 Å². The Morgan fingerprint density at radius 2 is 1.91 bits per heavy atom. The Hall–Kier alpha value is -0.0800. The van der Waals surface area contributed by atoms with Crippen LogP contribution in [0.25, 0.3) is 0 Å². The van der Waals surface area contributed by atoms with Crippen LogP contribution in [0.15, 0.2) is 0 Å². The van der Waals surface area contributed by atoms with Gasteiger partial charge >= 0.3 is 0 Å². The van der Waals surface area contributed by atoms with E-state index in [0.29, 0.717) is 12.1 Å². The average Bonchev–Trinajstić information content (AvgIpc) is 2.03. The zero-order valence-corrected chi connectivity index (χ0v) is 7.44. The smallest absolute Gasteiger partial charge is 0.0940 e. The maximum absolute atomic E-state index is 5.28. The Bertz CT molecular complexity index is 108. The molecule has 1 fully saturated rings. The van der Waals surface area contributed by atoms with Crippen LogP contribution in [0.3, 0.4) is 0 Å². The van der Waals surface area contributed by atoms with E-state index in [2.05, 4.69) is 6.92 Å². The normalized spacial score (nSPS) is 23.5. The minimum Gasteiger partial charge on any atom is -0.366 e. The molecular weight excluding hydrogens is 138 g/mol. The lowest BCUT2D eigenvalue weighted by Crippen LogP contribution is -2.27. The number of hydrogen-bond donors (Lipinski definition) is 1. The molecule has 2 nitrogen and oxygen atoms in total. The maximum atomic E-state index is 5.28. The third kappa shape index (κ3) is 2.80. The van der Waals surface area contributed by atoms with E-state index in [1.165, 1.54) is 32.1 Å². The molecular formula is C9H19NO. The molecule has 66 valence electrons. The van der Waals surface area contributed by atoms with Gasteiger partial charge in [-0.1, -0.05) is 26.2 Å². The Morgan fingerprint density at radius 1 is 1.27 bits per heavy atom. The molecule has 0 unspecified atom stereocenters. The summed E-state index contributed by atoms with van der Waals surface area (Å²) in [7, 11) is 0. The predicted molar refractivity (Wildman–Crippen MR) is 46.2 cm³/mol. The molecule has 1 aliphatic rings. The molecule has 0 aliphatic heterocycles. The summed E-state index contributed by atoms with van der Waals surface area (Å²) in [6.07, 6.45) is 6.76. The molecule has 0 radical (unpaired) electrons. The van der Waals surface area contributed by atoms with Crippen molar-refractivity contribution in [1.82, 2.24) is 0 Å². The fourth-order valence-electron chi connectivity index (χ4n) is 1.85. The second kappa shape index (κ2) is 4.07. The highest BCUT2D eigenvalue weighted by atomic mass is 16.5. The molecule has 1 rings (SSSR count). The van der Waals surface area contributed by atoms with Crippen molar-refractivity contribution in [2.75, 3.05) is 13.3 Å². The highest BCUT2D eigenvalue weighted by molar-refractivity contribution is 4.77. The summed E-state index contributed by atoms with van der Waals surface area (Å²) >= 11 is 0. The molecule has 0 spiro atoms. The van der Waals surface area contributed by atoms with E-state index in [9.17, 15) is 0 Å². The van der Waals surface area contributed by atoms with Crippen molar-refractivity contribution >= 4 is 0 Å². The third-order valence-electron chi connectivity index (χ3n) is 2.63. The van der Waals surface area contributed by atoms with Crippen molar-refractivity contribution in [1.29, 1.82) is 0 Å². The zero-order chi connectivity index (χ0) is 8.16. The largest absolute Gasteiger partial charge is 0.366 e. The lowest BCUT2D eigenvalue weighted by atomic mass is 9.76. The molecule has 0 aromatic rings. The first kappa shape index (κ1) is 9.01. The van der Waals surface area contributed by atoms with Crippen LogP contribution in [-0.4, -0.2) is 13.3 Å². The van der Waals surface area contributed by atoms with Gasteiger partial charge in [0.05, 0.1) is 13.3 Å². The summed E-state index contributed by atoms with van der Waals surface area (Å²) in [4.78, 5) is 0. The van der Waals surface area contributed by atoms with Crippen LogP contribution in [0.4, 0.5) is 0 Å². The Balaban J connectivity index is 2.25. The fraction of sp³-hybridized carbons (Fsp3) is 1.00. The molecule has 0 bridgehead atoms. The fourth-order valence-corrected chi connectivity index (χ4v) is 1.85. The van der Waals surface area contributed by atoms with Gasteiger partial charge in [-0.3, -0.25) is 0 Å². The first-order valence-electron chi connectivity index (χ1n) is 4.55. The van der Waals surface area contributed by atoms with E-state index >= 15 is 0 Å². The second-order valence-corrected chi connectivity index (χ2v) is 3.89. The number of hydrogen-bond acceptors (Lipinski definition) is 2. The van der Waals surface area contributed by atoms with Crippen molar-refractivity contribution < 1.29 is 4.74 Å². The van der Waals surface area contributed by atoms with Crippen LogP contribution >= 0.6 is 0 Å². The van der Waals surface area contributed by atoms with Crippen LogP contribution < -0.4 is 5.73 Å². The first-order valence-corrected chi connectivity index (χ1v) is 4.55. The summed E-state index contributed by atoms with van der Waals surface area (Å²) < 4.78 is 5.25. The molecule has 0 aromatic carbocycles. The van der Waals surface area contributed by atoms with Gasteiger partial charge in [0.1, 0.15) is 0 Å². The van der Waals surface area contributed by atoms with Gasteiger partial charge in [-0.05, 0) is 18.3 Å². The molecule has 2 heteroatoms. The van der Waals surface area contributed by atoms with Gasteiger partial charge in [0.25, 0.3) is 0 Å². The minimum absolute atomic E-state index is 0.371. The van der Waals surface area contributed by atoms with Crippen molar-refractivity contribution in [3.05, 3.63) is 0 Å². The van der Waals surface area contributed by atoms with Crippen molar-refractivity contribution in [2.45, 2.75) is 39.0 Å². The number of nitrogens with two attached hydrogens (primary N) is 1. The summed E-state index contributed by atoms with van der Waals surface area (Å²) in [5, 5.41) is 0. The lowest BCUT2D eigenvalue weighted by molar-refractivity contribution is 0.0345. The minimum atomic E-state index is 0.371. The monoisotopic (exact) mass is 157 g/mol. The predicted octanol–water partition coefficient (Wildman–Crippen LogP) is 1.89. The van der Waals surface area contributed by atoms with Crippen LogP contribution in [0, 0.1) is 5.41 Å². The molecule has 0 heterocycles. The van der Waals surface area contributed by atoms with Crippen LogP contribution in [-0.2, 0) is 4.74 Å². The molecule has 0 aromatic heterocycles. The van der Waals surface area contributed by atoms with Gasteiger partial charge in [-0.25, -0.2) is 0 Å². The lowest BCUT2D eigenvalue weighted by Gasteiger charge is -2.32. The van der Waals surface area contributed by atoms with Crippen LogP contribution in [0.1, 0.15) is 39.0 Å². The zero-order valence-electron chi connectivity index (χ0n) is 7.44. The van der Waals surface area contributed by atoms with E-state index in [0.717, 1.165) is 6.61 Å². The SMILES string of the molecule is CC1(COCN)CCCCC1. The van der Waals surface area contributed by atoms with Crippen molar-refractivity contribution in [3.63, 3.8) is 0 Å². The molecule has 0 saturated heterocycles. The Labute approximate surface area is 69.1 Å². The van der Waals surface area contributed by atoms with E-state index < -0.39 is 0 Å². The topological polar surface area (TPSA) is 35.2 Å². The maximum Gasteiger partial charge on any atom is 0.0940 e. The summed E-state index contributed by atoms with van der Waals surface area (Å²) in [6.45, 7) is 3.53. The van der Waals surface area contributed by atoms with Gasteiger partial charge in [0, 0.05) is 0 Å². The Kier molecular flexibility index (Phi) is 3.34. The van der Waals surface area contributed by atoms with E-state index in [1.807, 2.05) is 0 Å². The van der Waals surface area contributed by atoms with Gasteiger partial charge in [0.15, 0.2) is 0 Å². The van der Waals surface area contributed by atoms with Gasteiger partial charge in [0.2, 0.25) is 0 Å². The number of rotatable bonds is 3. The molecule has 2 N–H and O–H groups in total. The highest BCUT2D eigenvalue weighted by Gasteiger charge is 2.26. The summed E-state index contributed by atoms with van der Waals surface area (Å²) in [5.74, 6) is 0. The standard InChI is InChI=1S/C9H19NO/c1-9(7-11-8-10)5-3-2-4-6-9/h2-8,10H2,1H3. The molecule has 1 saturated carbocycles. The summed E-state index contributed by atoms with van der Waals surface area (Å²) in [5.41, 5.74) is 5.71. The highest BCUT2D eigenvalue weighted by Crippen LogP contribution is 2.35. The van der Waals surface area contributed by atoms with Crippen LogP contribution in [0.5, 0.6) is 0 Å². The molecule has 11 heavy (non-hydrogen) atoms. The average molecular weight is 157 g/mol. The molecule has 0 amide bonds. The van der Waals surface area contributed by atoms with Crippen molar-refractivity contribution in [2.24, 2.45) is 11.1 Å². The van der Waals surface area contributed by atoms with E-state index in [4.69, 9.17) is 10.5 Å². The van der Waals surface area contributed by atoms with E-state index in [-0.39, 0.29) is 0 Å². The van der Waals surface area contributed by atoms with Crippen molar-refractivity contribution in [3.8, 4) is 0 Å². The quantitative estimate of drug-likeness (QED) is 0.635. The second-order valence-electron chi connectivity index (χ2n) is 3.89. The van der Waals surface area contributed by atoms with E-state index in [1.54, 1.807) is 0 Å². The Morgan fingerprint density at radius 3 is 2.45 bits per heavy atom. The number of ether oxygens (including phenoxy) is 1. The third-order valence-corrected chi connectivity index (χ3v) is 2.63. The molecule has 1 aliphatic carbocycles.